The molecule has 5 rings (SSSR count). The van der Waals surface area contributed by atoms with Crippen molar-refractivity contribution in [3.63, 3.8) is 0 Å². The predicted octanol–water partition coefficient (Wildman–Crippen LogP) is 8.99. The van der Waals surface area contributed by atoms with Gasteiger partial charge in [0, 0.05) is 17.9 Å². The monoisotopic (exact) mass is 514 g/mol. The van der Waals surface area contributed by atoms with Gasteiger partial charge in [-0.05, 0) is 103 Å². The second-order valence-electron chi connectivity index (χ2n) is 14.2. The fraction of sp³-hybridized carbons (Fsp3) is 0.694. The third-order valence-electron chi connectivity index (χ3n) is 11.6. The second kappa shape index (κ2) is 11.2. The predicted molar refractivity (Wildman–Crippen MR) is 156 cm³/mol. The van der Waals surface area contributed by atoms with E-state index in [1.807, 2.05) is 30.3 Å². The summed E-state index contributed by atoms with van der Waals surface area (Å²) in [4.78, 5) is 12.5. The van der Waals surface area contributed by atoms with Gasteiger partial charge in [-0.1, -0.05) is 89.6 Å². The molecule has 0 aliphatic heterocycles. The third kappa shape index (κ3) is 5.37. The molecule has 0 N–H and O–H groups in total. The molecule has 2 nitrogen and oxygen atoms in total. The largest absolute Gasteiger partial charge is 0.452 e. The standard InChI is InChI=1S/C36H50O2/c1-25(2)10-9-11-26(3)31-17-18-32-30-16-15-28-24-29(38-34(37)19-14-27-12-7-6-8-13-27)20-22-35(28,4)33(30)21-23-36(31,32)5/h6-8,12-13,15,25-26,29-33H,9-11,16-18,20-24H2,1-5H3/t26-,29+,30+,31-,32+,33+,35+,36-/m1/s1. The number of ether oxygens (including phenoxy) is 1. The number of benzene rings is 1. The summed E-state index contributed by atoms with van der Waals surface area (Å²) in [5, 5.41) is 0. The number of rotatable bonds is 6. The van der Waals surface area contributed by atoms with Gasteiger partial charge >= 0.3 is 5.97 Å². The molecule has 38 heavy (non-hydrogen) atoms. The molecule has 3 saturated carbocycles. The maximum atomic E-state index is 12.5. The van der Waals surface area contributed by atoms with Crippen LogP contribution in [0.4, 0.5) is 0 Å². The van der Waals surface area contributed by atoms with Gasteiger partial charge in [0.25, 0.3) is 0 Å². The van der Waals surface area contributed by atoms with Crippen LogP contribution in [0.5, 0.6) is 0 Å². The van der Waals surface area contributed by atoms with E-state index in [4.69, 9.17) is 4.74 Å². The van der Waals surface area contributed by atoms with Crippen molar-refractivity contribution >= 4 is 5.97 Å². The van der Waals surface area contributed by atoms with Crippen molar-refractivity contribution < 1.29 is 9.53 Å². The Morgan fingerprint density at radius 1 is 1.00 bits per heavy atom. The summed E-state index contributed by atoms with van der Waals surface area (Å²) in [5.41, 5.74) is 3.23. The Morgan fingerprint density at radius 3 is 2.55 bits per heavy atom. The van der Waals surface area contributed by atoms with E-state index in [1.54, 1.807) is 5.57 Å². The minimum Gasteiger partial charge on any atom is -0.452 e. The van der Waals surface area contributed by atoms with Crippen LogP contribution in [-0.4, -0.2) is 12.1 Å². The fourth-order valence-corrected chi connectivity index (χ4v) is 9.58. The molecule has 0 heterocycles. The Hall–Kier alpha value is -2.01. The van der Waals surface area contributed by atoms with Crippen LogP contribution >= 0.6 is 0 Å². The van der Waals surface area contributed by atoms with E-state index in [0.717, 1.165) is 60.3 Å². The van der Waals surface area contributed by atoms with E-state index in [9.17, 15) is 4.79 Å². The Bertz CT molecular complexity index is 1070. The van der Waals surface area contributed by atoms with Crippen LogP contribution < -0.4 is 0 Å². The van der Waals surface area contributed by atoms with E-state index in [1.165, 1.54) is 51.4 Å². The quantitative estimate of drug-likeness (QED) is 0.215. The zero-order valence-electron chi connectivity index (χ0n) is 24.6. The maximum absolute atomic E-state index is 12.5. The summed E-state index contributed by atoms with van der Waals surface area (Å²) in [7, 11) is 0. The molecule has 0 spiro atoms. The first-order valence-electron chi connectivity index (χ1n) is 15.7. The summed E-state index contributed by atoms with van der Waals surface area (Å²) in [6, 6.07) is 9.68. The highest BCUT2D eigenvalue weighted by Gasteiger charge is 2.59. The van der Waals surface area contributed by atoms with E-state index < -0.39 is 0 Å². The average Bonchev–Trinajstić information content (AvgIpc) is 3.25. The molecule has 3 fully saturated rings. The van der Waals surface area contributed by atoms with Crippen molar-refractivity contribution in [1.82, 2.24) is 0 Å². The van der Waals surface area contributed by atoms with Crippen LogP contribution in [0.2, 0.25) is 0 Å². The zero-order valence-corrected chi connectivity index (χ0v) is 24.6. The molecular formula is C36H50O2. The molecule has 1 aromatic carbocycles. The van der Waals surface area contributed by atoms with Gasteiger partial charge in [0.1, 0.15) is 6.10 Å². The second-order valence-corrected chi connectivity index (χ2v) is 14.2. The average molecular weight is 515 g/mol. The number of esters is 1. The van der Waals surface area contributed by atoms with Crippen molar-refractivity contribution in [2.45, 2.75) is 111 Å². The van der Waals surface area contributed by atoms with Gasteiger partial charge in [-0.2, -0.15) is 0 Å². The molecule has 0 amide bonds. The minimum atomic E-state index is -0.385. The molecule has 0 aromatic heterocycles. The molecule has 8 atom stereocenters. The normalized spacial score (nSPS) is 36.7. The molecule has 4 aliphatic rings. The first kappa shape index (κ1) is 27.6. The highest BCUT2D eigenvalue weighted by Crippen LogP contribution is 2.67. The number of carbonyl (C=O) groups excluding carboxylic acids is 1. The number of carbonyl (C=O) groups is 1. The summed E-state index contributed by atoms with van der Waals surface area (Å²) >= 11 is 0. The number of fused-ring (bicyclic) bond motifs is 5. The first-order valence-corrected chi connectivity index (χ1v) is 15.7. The van der Waals surface area contributed by atoms with Crippen LogP contribution in [0.15, 0.2) is 42.0 Å². The maximum Gasteiger partial charge on any atom is 0.384 e. The van der Waals surface area contributed by atoms with Crippen molar-refractivity contribution in [3.05, 3.63) is 47.5 Å². The van der Waals surface area contributed by atoms with E-state index in [0.29, 0.717) is 5.41 Å². The number of hydrogen-bond donors (Lipinski definition) is 0. The zero-order chi connectivity index (χ0) is 26.9. The van der Waals surface area contributed by atoms with E-state index in [2.05, 4.69) is 52.5 Å². The molecule has 1 aromatic rings. The van der Waals surface area contributed by atoms with Gasteiger partial charge < -0.3 is 4.74 Å². The first-order chi connectivity index (χ1) is 18.2. The lowest BCUT2D eigenvalue weighted by molar-refractivity contribution is -0.144. The van der Waals surface area contributed by atoms with Crippen LogP contribution in [-0.2, 0) is 9.53 Å². The molecule has 0 bridgehead atoms. The van der Waals surface area contributed by atoms with Crippen molar-refractivity contribution in [2.75, 3.05) is 0 Å². The van der Waals surface area contributed by atoms with Gasteiger partial charge in [0.05, 0.1) is 0 Å². The fourth-order valence-electron chi connectivity index (χ4n) is 9.58. The SMILES string of the molecule is CC(C)CCC[C@@H](C)[C@H]1CC[C@H]2[C@@H]3CC=C4C[C@@H](OC(=O)C#Cc5ccccc5)CC[C@]4(C)[C@H]3CC[C@]12C. The van der Waals surface area contributed by atoms with Crippen LogP contribution in [0.3, 0.4) is 0 Å². The van der Waals surface area contributed by atoms with E-state index in [-0.39, 0.29) is 17.5 Å². The van der Waals surface area contributed by atoms with Crippen LogP contribution in [0.25, 0.3) is 0 Å². The summed E-state index contributed by atoms with van der Waals surface area (Å²) < 4.78 is 5.86. The third-order valence-corrected chi connectivity index (χ3v) is 11.6. The van der Waals surface area contributed by atoms with Gasteiger partial charge in [0.2, 0.25) is 0 Å². The Labute approximate surface area is 232 Å². The van der Waals surface area contributed by atoms with Crippen molar-refractivity contribution in [1.29, 1.82) is 0 Å². The van der Waals surface area contributed by atoms with Crippen LogP contribution in [0, 0.1) is 58.2 Å². The Kier molecular flexibility index (Phi) is 8.14. The summed E-state index contributed by atoms with van der Waals surface area (Å²) in [6.45, 7) is 12.5. The van der Waals surface area contributed by atoms with Gasteiger partial charge in [0.15, 0.2) is 0 Å². The molecule has 0 unspecified atom stereocenters. The van der Waals surface area contributed by atoms with Crippen LogP contribution in [0.1, 0.15) is 111 Å². The summed E-state index contributed by atoms with van der Waals surface area (Å²) in [6.07, 6.45) is 16.7. The number of hydrogen-bond acceptors (Lipinski definition) is 2. The minimum absolute atomic E-state index is 0.0279. The lowest BCUT2D eigenvalue weighted by atomic mass is 9.47. The van der Waals surface area contributed by atoms with Gasteiger partial charge in [-0.15, -0.1) is 0 Å². The lowest BCUT2D eigenvalue weighted by Crippen LogP contribution is -2.51. The molecule has 2 heteroatoms. The Morgan fingerprint density at radius 2 is 1.79 bits per heavy atom. The molecule has 206 valence electrons. The topological polar surface area (TPSA) is 26.3 Å². The Balaban J connectivity index is 1.22. The molecule has 0 saturated heterocycles. The van der Waals surface area contributed by atoms with Crippen molar-refractivity contribution in [2.24, 2.45) is 46.3 Å². The molecule has 0 radical (unpaired) electrons. The van der Waals surface area contributed by atoms with Gasteiger partial charge in [-0.25, -0.2) is 4.79 Å². The smallest absolute Gasteiger partial charge is 0.384 e. The highest BCUT2D eigenvalue weighted by molar-refractivity contribution is 5.89. The lowest BCUT2D eigenvalue weighted by Gasteiger charge is -2.58. The van der Waals surface area contributed by atoms with Gasteiger partial charge in [-0.3, -0.25) is 0 Å². The molecular weight excluding hydrogens is 464 g/mol. The summed E-state index contributed by atoms with van der Waals surface area (Å²) in [5.74, 6) is 10.4. The highest BCUT2D eigenvalue weighted by atomic mass is 16.5. The van der Waals surface area contributed by atoms with E-state index >= 15 is 0 Å². The number of allylic oxidation sites excluding steroid dienone is 1. The molecule has 4 aliphatic carbocycles. The van der Waals surface area contributed by atoms with Crippen molar-refractivity contribution in [3.8, 4) is 11.8 Å².